The van der Waals surface area contributed by atoms with Gasteiger partial charge in [0.05, 0.1) is 31.5 Å². The van der Waals surface area contributed by atoms with Crippen LogP contribution < -0.4 is 15.1 Å². The number of morpholine rings is 1. The van der Waals surface area contributed by atoms with Crippen LogP contribution in [0.3, 0.4) is 0 Å². The molecule has 1 amide bonds. The quantitative estimate of drug-likeness (QED) is 0.407. The van der Waals surface area contributed by atoms with Crippen molar-refractivity contribution in [3.05, 3.63) is 69.3 Å². The van der Waals surface area contributed by atoms with Gasteiger partial charge in [0.15, 0.2) is 5.75 Å². The van der Waals surface area contributed by atoms with Crippen LogP contribution in [0.25, 0.3) is 0 Å². The lowest BCUT2D eigenvalue weighted by Gasteiger charge is -2.23. The van der Waals surface area contributed by atoms with Gasteiger partial charge in [-0.3, -0.25) is 14.9 Å². The van der Waals surface area contributed by atoms with Crippen molar-refractivity contribution in [1.82, 2.24) is 5.43 Å². The lowest BCUT2D eigenvalue weighted by Crippen LogP contribution is -3.12. The number of hydrogen-bond donors (Lipinski definition) is 2. The highest BCUT2D eigenvalue weighted by Gasteiger charge is 2.15. The van der Waals surface area contributed by atoms with Gasteiger partial charge in [-0.25, -0.2) is 5.43 Å². The summed E-state index contributed by atoms with van der Waals surface area (Å²) >= 11 is 0. The van der Waals surface area contributed by atoms with Crippen LogP contribution in [0.2, 0.25) is 0 Å². The van der Waals surface area contributed by atoms with Crippen molar-refractivity contribution in [2.45, 2.75) is 6.54 Å². The van der Waals surface area contributed by atoms with Gasteiger partial charge in [0.25, 0.3) is 5.91 Å². The number of ether oxygens (including phenoxy) is 2. The van der Waals surface area contributed by atoms with Gasteiger partial charge >= 0.3 is 5.69 Å². The van der Waals surface area contributed by atoms with Crippen molar-refractivity contribution < 1.29 is 24.1 Å². The predicted molar refractivity (Wildman–Crippen MR) is 106 cm³/mol. The molecule has 152 valence electrons. The van der Waals surface area contributed by atoms with Gasteiger partial charge in [0, 0.05) is 22.8 Å². The highest BCUT2D eigenvalue weighted by molar-refractivity contribution is 5.95. The lowest BCUT2D eigenvalue weighted by atomic mass is 10.1. The van der Waals surface area contributed by atoms with Gasteiger partial charge in [-0.05, 0) is 24.3 Å². The molecule has 0 bridgehead atoms. The number of nitrogens with zero attached hydrogens (tertiary/aromatic N) is 2. The number of nitrogens with one attached hydrogen (secondary N) is 2. The van der Waals surface area contributed by atoms with Crippen molar-refractivity contribution in [1.29, 1.82) is 0 Å². The van der Waals surface area contributed by atoms with Crippen LogP contribution in [-0.4, -0.2) is 50.5 Å². The summed E-state index contributed by atoms with van der Waals surface area (Å²) in [6, 6.07) is 11.8. The monoisotopic (exact) mass is 399 g/mol. The van der Waals surface area contributed by atoms with E-state index in [0.29, 0.717) is 11.1 Å². The number of carbonyl (C=O) groups is 1. The molecule has 0 atom stereocenters. The smallest absolute Gasteiger partial charge is 0.311 e. The molecule has 0 aromatic heterocycles. The number of rotatable bonds is 7. The highest BCUT2D eigenvalue weighted by Crippen LogP contribution is 2.26. The molecule has 2 aromatic rings. The van der Waals surface area contributed by atoms with Crippen LogP contribution in [0.5, 0.6) is 5.75 Å². The van der Waals surface area contributed by atoms with Crippen LogP contribution in [0.15, 0.2) is 47.6 Å². The van der Waals surface area contributed by atoms with Crippen LogP contribution >= 0.6 is 0 Å². The molecular formula is C20H23N4O5+. The number of quaternary nitrogens is 1. The van der Waals surface area contributed by atoms with E-state index in [1.54, 1.807) is 18.2 Å². The second-order valence-electron chi connectivity index (χ2n) is 6.62. The van der Waals surface area contributed by atoms with Gasteiger partial charge in [-0.1, -0.05) is 12.1 Å². The third kappa shape index (κ3) is 5.59. The van der Waals surface area contributed by atoms with E-state index < -0.39 is 4.92 Å². The second kappa shape index (κ2) is 9.76. The second-order valence-corrected chi connectivity index (χ2v) is 6.62. The third-order valence-corrected chi connectivity index (χ3v) is 4.65. The SMILES string of the molecule is COc1ccc(C=NNC(=O)c2ccc(C[NH+]3CCOCC3)cc2)cc1[N+](=O)[O-]. The first kappa shape index (κ1) is 20.4. The van der Waals surface area contributed by atoms with Gasteiger partial charge in [0.2, 0.25) is 0 Å². The van der Waals surface area contributed by atoms with Gasteiger partial charge < -0.3 is 14.4 Å². The van der Waals surface area contributed by atoms with Crippen molar-refractivity contribution in [3.63, 3.8) is 0 Å². The zero-order valence-corrected chi connectivity index (χ0v) is 16.1. The lowest BCUT2D eigenvalue weighted by molar-refractivity contribution is -0.921. The molecule has 0 saturated carbocycles. The molecule has 0 aliphatic carbocycles. The Morgan fingerprint density at radius 3 is 2.66 bits per heavy atom. The molecule has 9 heteroatoms. The Kier molecular flexibility index (Phi) is 6.88. The molecule has 9 nitrogen and oxygen atoms in total. The molecule has 29 heavy (non-hydrogen) atoms. The maximum Gasteiger partial charge on any atom is 0.311 e. The molecule has 2 aromatic carbocycles. The van der Waals surface area contributed by atoms with Crippen molar-refractivity contribution in [2.24, 2.45) is 5.10 Å². The van der Waals surface area contributed by atoms with E-state index in [2.05, 4.69) is 10.5 Å². The fourth-order valence-corrected chi connectivity index (χ4v) is 3.06. The Balaban J connectivity index is 1.57. The van der Waals surface area contributed by atoms with Crippen LogP contribution in [0.1, 0.15) is 21.5 Å². The standard InChI is InChI=1S/C20H22N4O5/c1-28-19-7-4-16(12-18(19)24(26)27)13-21-22-20(25)17-5-2-15(3-6-17)14-23-8-10-29-11-9-23/h2-7,12-13H,8-11,14H2,1H3,(H,22,25)/p+1. The minimum atomic E-state index is -0.533. The van der Waals surface area contributed by atoms with E-state index in [4.69, 9.17) is 9.47 Å². The molecular weight excluding hydrogens is 376 g/mol. The summed E-state index contributed by atoms with van der Waals surface area (Å²) in [5.41, 5.74) is 4.39. The largest absolute Gasteiger partial charge is 0.490 e. The van der Waals surface area contributed by atoms with E-state index in [9.17, 15) is 14.9 Å². The molecule has 1 aliphatic rings. The van der Waals surface area contributed by atoms with Crippen molar-refractivity contribution in [2.75, 3.05) is 33.4 Å². The summed E-state index contributed by atoms with van der Waals surface area (Å²) in [6.07, 6.45) is 1.35. The molecule has 1 heterocycles. The van der Waals surface area contributed by atoms with E-state index >= 15 is 0 Å². The Labute approximate surface area is 168 Å². The molecule has 0 unspecified atom stereocenters. The number of nitro groups is 1. The minimum absolute atomic E-state index is 0.162. The zero-order chi connectivity index (χ0) is 20.6. The normalized spacial score (nSPS) is 14.7. The van der Waals surface area contributed by atoms with E-state index in [0.717, 1.165) is 38.4 Å². The number of nitro benzene ring substituents is 1. The first-order valence-corrected chi connectivity index (χ1v) is 9.23. The molecule has 0 radical (unpaired) electrons. The molecule has 2 N–H and O–H groups in total. The maximum atomic E-state index is 12.2. The first-order valence-electron chi connectivity index (χ1n) is 9.23. The maximum absolute atomic E-state index is 12.2. The number of hydrazone groups is 1. The number of benzene rings is 2. The highest BCUT2D eigenvalue weighted by atomic mass is 16.6. The Morgan fingerprint density at radius 2 is 2.00 bits per heavy atom. The molecule has 1 saturated heterocycles. The molecule has 1 fully saturated rings. The summed E-state index contributed by atoms with van der Waals surface area (Å²) in [5.74, 6) is -0.190. The first-order chi connectivity index (χ1) is 14.1. The van der Waals surface area contributed by atoms with E-state index in [-0.39, 0.29) is 17.3 Å². The van der Waals surface area contributed by atoms with E-state index in [1.807, 2.05) is 12.1 Å². The van der Waals surface area contributed by atoms with Crippen molar-refractivity contribution >= 4 is 17.8 Å². The zero-order valence-electron chi connectivity index (χ0n) is 16.1. The fourth-order valence-electron chi connectivity index (χ4n) is 3.06. The van der Waals surface area contributed by atoms with Crippen LogP contribution in [0.4, 0.5) is 5.69 Å². The number of methoxy groups -OCH3 is 1. The number of hydrogen-bond acceptors (Lipinski definition) is 6. The van der Waals surface area contributed by atoms with Gasteiger partial charge in [0.1, 0.15) is 19.6 Å². The fraction of sp³-hybridized carbons (Fsp3) is 0.300. The number of amides is 1. The Bertz CT molecular complexity index is 892. The molecule has 0 spiro atoms. The Hall–Kier alpha value is -3.30. The topological polar surface area (TPSA) is 108 Å². The number of carbonyl (C=O) groups excluding carboxylic acids is 1. The van der Waals surface area contributed by atoms with Gasteiger partial charge in [-0.15, -0.1) is 0 Å². The summed E-state index contributed by atoms with van der Waals surface area (Å²) < 4.78 is 10.3. The van der Waals surface area contributed by atoms with Gasteiger partial charge in [-0.2, -0.15) is 5.10 Å². The third-order valence-electron chi connectivity index (χ3n) is 4.65. The van der Waals surface area contributed by atoms with Crippen LogP contribution in [-0.2, 0) is 11.3 Å². The van der Waals surface area contributed by atoms with Crippen molar-refractivity contribution in [3.8, 4) is 5.75 Å². The Morgan fingerprint density at radius 1 is 1.28 bits per heavy atom. The summed E-state index contributed by atoms with van der Waals surface area (Å²) in [6.45, 7) is 4.44. The summed E-state index contributed by atoms with van der Waals surface area (Å²) in [4.78, 5) is 24.2. The average molecular weight is 399 g/mol. The molecule has 3 rings (SSSR count). The minimum Gasteiger partial charge on any atom is -0.490 e. The van der Waals surface area contributed by atoms with Crippen LogP contribution in [0, 0.1) is 10.1 Å². The molecule has 1 aliphatic heterocycles. The predicted octanol–water partition coefficient (Wildman–Crippen LogP) is 0.782. The summed E-state index contributed by atoms with van der Waals surface area (Å²) in [5, 5.41) is 14.9. The summed E-state index contributed by atoms with van der Waals surface area (Å²) in [7, 11) is 1.36. The average Bonchev–Trinajstić information content (AvgIpc) is 2.74. The van der Waals surface area contributed by atoms with E-state index in [1.165, 1.54) is 30.4 Å².